The summed E-state index contributed by atoms with van der Waals surface area (Å²) in [7, 11) is 0. The van der Waals surface area contributed by atoms with Gasteiger partial charge in [-0.3, -0.25) is 0 Å². The molecule has 0 atom stereocenters. The molecule has 0 amide bonds. The van der Waals surface area contributed by atoms with Crippen molar-refractivity contribution < 1.29 is 10.2 Å². The smallest absolute Gasteiger partial charge is 0.119 e. The average molecular weight is 355 g/mol. The van der Waals surface area contributed by atoms with Gasteiger partial charge in [0.2, 0.25) is 0 Å². The molecule has 0 aromatic heterocycles. The molecule has 142 valence electrons. The van der Waals surface area contributed by atoms with E-state index in [0.29, 0.717) is 11.5 Å². The standard InChI is InChI=1S/C24H34O2/c1-2-3-4-5-6-7-8-9-10-15-20(21-16-11-13-18-23(21)25)22-17-12-14-19-24(22)26/h11-14,16-20,25-26H,2-10,15H2,1H3. The predicted molar refractivity (Wildman–Crippen MR) is 110 cm³/mol. The first kappa shape index (κ1) is 20.4. The van der Waals surface area contributed by atoms with Gasteiger partial charge in [-0.15, -0.1) is 0 Å². The highest BCUT2D eigenvalue weighted by atomic mass is 16.3. The molecule has 0 heterocycles. The van der Waals surface area contributed by atoms with Crippen molar-refractivity contribution in [2.45, 2.75) is 77.0 Å². The Morgan fingerprint density at radius 1 is 0.615 bits per heavy atom. The lowest BCUT2D eigenvalue weighted by atomic mass is 9.85. The first-order chi connectivity index (χ1) is 12.7. The summed E-state index contributed by atoms with van der Waals surface area (Å²) in [6, 6.07) is 15.0. The third-order valence-corrected chi connectivity index (χ3v) is 5.22. The van der Waals surface area contributed by atoms with E-state index in [2.05, 4.69) is 6.92 Å². The number of benzene rings is 2. The molecule has 2 rings (SSSR count). The van der Waals surface area contributed by atoms with Crippen LogP contribution < -0.4 is 0 Å². The largest absolute Gasteiger partial charge is 0.508 e. The Bertz CT molecular complexity index is 590. The highest BCUT2D eigenvalue weighted by Gasteiger charge is 2.19. The van der Waals surface area contributed by atoms with E-state index < -0.39 is 0 Å². The van der Waals surface area contributed by atoms with Gasteiger partial charge in [-0.05, 0) is 18.6 Å². The lowest BCUT2D eigenvalue weighted by Gasteiger charge is -2.20. The van der Waals surface area contributed by atoms with Crippen LogP contribution >= 0.6 is 0 Å². The molecule has 0 spiro atoms. The fraction of sp³-hybridized carbons (Fsp3) is 0.500. The number of unbranched alkanes of at least 4 members (excludes halogenated alkanes) is 8. The molecular formula is C24H34O2. The van der Waals surface area contributed by atoms with E-state index in [1.54, 1.807) is 12.1 Å². The van der Waals surface area contributed by atoms with Crippen LogP contribution in [0.25, 0.3) is 0 Å². The zero-order valence-corrected chi connectivity index (χ0v) is 16.2. The second kappa shape index (κ2) is 11.6. The van der Waals surface area contributed by atoms with E-state index in [0.717, 1.165) is 24.0 Å². The van der Waals surface area contributed by atoms with E-state index >= 15 is 0 Å². The van der Waals surface area contributed by atoms with E-state index in [1.807, 2.05) is 36.4 Å². The van der Waals surface area contributed by atoms with Crippen LogP contribution in [0.3, 0.4) is 0 Å². The topological polar surface area (TPSA) is 40.5 Å². The van der Waals surface area contributed by atoms with Crippen LogP contribution in [0, 0.1) is 0 Å². The Balaban J connectivity index is 1.88. The number of phenolic OH excluding ortho intramolecular Hbond substituents is 2. The molecule has 0 radical (unpaired) electrons. The highest BCUT2D eigenvalue weighted by molar-refractivity contribution is 5.45. The summed E-state index contributed by atoms with van der Waals surface area (Å²) in [6.07, 6.45) is 12.6. The summed E-state index contributed by atoms with van der Waals surface area (Å²) < 4.78 is 0. The molecule has 0 fully saturated rings. The van der Waals surface area contributed by atoms with Gasteiger partial charge in [0.1, 0.15) is 11.5 Å². The van der Waals surface area contributed by atoms with Crippen molar-refractivity contribution >= 4 is 0 Å². The Morgan fingerprint density at radius 2 is 1.04 bits per heavy atom. The molecule has 0 bridgehead atoms. The van der Waals surface area contributed by atoms with Crippen molar-refractivity contribution in [2.24, 2.45) is 0 Å². The molecule has 0 aliphatic rings. The molecule has 0 saturated carbocycles. The van der Waals surface area contributed by atoms with Crippen LogP contribution in [0.4, 0.5) is 0 Å². The van der Waals surface area contributed by atoms with Gasteiger partial charge in [0.25, 0.3) is 0 Å². The fourth-order valence-electron chi connectivity index (χ4n) is 3.70. The number of hydrogen-bond acceptors (Lipinski definition) is 2. The van der Waals surface area contributed by atoms with Gasteiger partial charge in [-0.1, -0.05) is 101 Å². The molecule has 2 heteroatoms. The molecule has 2 nitrogen and oxygen atoms in total. The quantitative estimate of drug-likeness (QED) is 0.397. The summed E-state index contributed by atoms with van der Waals surface area (Å²) >= 11 is 0. The van der Waals surface area contributed by atoms with Gasteiger partial charge in [0.15, 0.2) is 0 Å². The Kier molecular flexibility index (Phi) is 9.09. The summed E-state index contributed by atoms with van der Waals surface area (Å²) in [5.41, 5.74) is 1.82. The second-order valence-electron chi connectivity index (χ2n) is 7.29. The monoisotopic (exact) mass is 354 g/mol. The maximum absolute atomic E-state index is 10.3. The first-order valence-corrected chi connectivity index (χ1v) is 10.3. The van der Waals surface area contributed by atoms with Crippen LogP contribution in [-0.4, -0.2) is 10.2 Å². The van der Waals surface area contributed by atoms with Crippen molar-refractivity contribution in [3.8, 4) is 11.5 Å². The van der Waals surface area contributed by atoms with E-state index in [4.69, 9.17) is 0 Å². The van der Waals surface area contributed by atoms with Gasteiger partial charge >= 0.3 is 0 Å². The SMILES string of the molecule is CCCCCCCCCCCC(c1ccccc1O)c1ccccc1O. The molecule has 2 aromatic carbocycles. The summed E-state index contributed by atoms with van der Waals surface area (Å²) in [6.45, 7) is 2.26. The first-order valence-electron chi connectivity index (χ1n) is 10.3. The maximum Gasteiger partial charge on any atom is 0.119 e. The molecule has 0 unspecified atom stereocenters. The van der Waals surface area contributed by atoms with Crippen LogP contribution in [0.15, 0.2) is 48.5 Å². The van der Waals surface area contributed by atoms with Crippen molar-refractivity contribution in [1.82, 2.24) is 0 Å². The van der Waals surface area contributed by atoms with Gasteiger partial charge in [-0.25, -0.2) is 0 Å². The summed E-state index contributed by atoms with van der Waals surface area (Å²) in [5.74, 6) is 0.676. The molecular weight excluding hydrogens is 320 g/mol. The molecule has 2 aromatic rings. The third-order valence-electron chi connectivity index (χ3n) is 5.22. The minimum absolute atomic E-state index is 0.0435. The summed E-state index contributed by atoms with van der Waals surface area (Å²) in [5, 5.41) is 20.6. The minimum atomic E-state index is 0.0435. The molecule has 0 saturated heterocycles. The molecule has 2 N–H and O–H groups in total. The van der Waals surface area contributed by atoms with Gasteiger partial charge in [0, 0.05) is 17.0 Å². The number of phenols is 2. The number of hydrogen-bond donors (Lipinski definition) is 2. The van der Waals surface area contributed by atoms with E-state index in [-0.39, 0.29) is 5.92 Å². The third kappa shape index (κ3) is 6.40. The Labute approximate surface area is 158 Å². The van der Waals surface area contributed by atoms with Crippen molar-refractivity contribution in [1.29, 1.82) is 0 Å². The Hall–Kier alpha value is -1.96. The van der Waals surface area contributed by atoms with Crippen LogP contribution in [0.2, 0.25) is 0 Å². The number of para-hydroxylation sites is 2. The lowest BCUT2D eigenvalue weighted by Crippen LogP contribution is -2.02. The zero-order valence-electron chi connectivity index (χ0n) is 16.2. The van der Waals surface area contributed by atoms with Crippen LogP contribution in [0.5, 0.6) is 11.5 Å². The number of rotatable bonds is 12. The van der Waals surface area contributed by atoms with Crippen molar-refractivity contribution in [3.05, 3.63) is 59.7 Å². The Morgan fingerprint density at radius 3 is 1.50 bits per heavy atom. The maximum atomic E-state index is 10.3. The van der Waals surface area contributed by atoms with E-state index in [9.17, 15) is 10.2 Å². The van der Waals surface area contributed by atoms with Crippen LogP contribution in [0.1, 0.15) is 88.2 Å². The lowest BCUT2D eigenvalue weighted by molar-refractivity contribution is 0.447. The van der Waals surface area contributed by atoms with Crippen molar-refractivity contribution in [2.75, 3.05) is 0 Å². The van der Waals surface area contributed by atoms with Gasteiger partial charge < -0.3 is 10.2 Å². The summed E-state index contributed by atoms with van der Waals surface area (Å²) in [4.78, 5) is 0. The van der Waals surface area contributed by atoms with Gasteiger partial charge in [0.05, 0.1) is 0 Å². The minimum Gasteiger partial charge on any atom is -0.508 e. The highest BCUT2D eigenvalue weighted by Crippen LogP contribution is 2.38. The zero-order chi connectivity index (χ0) is 18.6. The van der Waals surface area contributed by atoms with Crippen molar-refractivity contribution in [3.63, 3.8) is 0 Å². The molecule has 0 aliphatic heterocycles. The van der Waals surface area contributed by atoms with E-state index in [1.165, 1.54) is 51.4 Å². The molecule has 26 heavy (non-hydrogen) atoms. The normalized spacial score (nSPS) is 11.2. The van der Waals surface area contributed by atoms with Gasteiger partial charge in [-0.2, -0.15) is 0 Å². The number of aromatic hydroxyl groups is 2. The second-order valence-corrected chi connectivity index (χ2v) is 7.29. The molecule has 0 aliphatic carbocycles. The average Bonchev–Trinajstić information content (AvgIpc) is 2.65. The predicted octanol–water partition coefficient (Wildman–Crippen LogP) is 7.15. The fourth-order valence-corrected chi connectivity index (χ4v) is 3.70. The van der Waals surface area contributed by atoms with Crippen LogP contribution in [-0.2, 0) is 0 Å².